The highest BCUT2D eigenvalue weighted by Gasteiger charge is 2.28. The van der Waals surface area contributed by atoms with Gasteiger partial charge in [0.25, 0.3) is 5.56 Å². The average molecular weight is 504 g/mol. The summed E-state index contributed by atoms with van der Waals surface area (Å²) >= 11 is 2.07. The molecule has 0 saturated heterocycles. The lowest BCUT2D eigenvalue weighted by atomic mass is 10.1. The second-order valence-electron chi connectivity index (χ2n) is 7.23. The summed E-state index contributed by atoms with van der Waals surface area (Å²) in [5.41, 5.74) is 0.837. The lowest BCUT2D eigenvalue weighted by Crippen LogP contribution is -2.26. The molecule has 0 radical (unpaired) electrons. The van der Waals surface area contributed by atoms with Gasteiger partial charge in [-0.2, -0.15) is 0 Å². The average Bonchev–Trinajstić information content (AvgIpc) is 3.13. The van der Waals surface area contributed by atoms with Crippen LogP contribution in [-0.4, -0.2) is 45.9 Å². The Hall–Kier alpha value is -3.18. The Labute approximate surface area is 204 Å². The molecule has 1 aromatic carbocycles. The number of ether oxygens (including phenoxy) is 2. The largest absolute Gasteiger partial charge is 0.462 e. The summed E-state index contributed by atoms with van der Waals surface area (Å²) < 4.78 is 11.6. The maximum absolute atomic E-state index is 13.0. The van der Waals surface area contributed by atoms with Gasteiger partial charge in [0, 0.05) is 7.05 Å². The van der Waals surface area contributed by atoms with Gasteiger partial charge in [-0.25, -0.2) is 14.6 Å². The van der Waals surface area contributed by atoms with Crippen molar-refractivity contribution in [2.75, 3.05) is 18.5 Å². The minimum absolute atomic E-state index is 0.122. The molecule has 2 heterocycles. The van der Waals surface area contributed by atoms with Crippen LogP contribution in [0.3, 0.4) is 0 Å². The van der Waals surface area contributed by atoms with Gasteiger partial charge in [0.1, 0.15) is 9.88 Å². The van der Waals surface area contributed by atoms with Crippen molar-refractivity contribution in [2.45, 2.75) is 38.1 Å². The quantitative estimate of drug-likeness (QED) is 0.280. The Morgan fingerprint density at radius 1 is 1.15 bits per heavy atom. The fraction of sp³-hybridized carbons (Fsp3) is 0.348. The van der Waals surface area contributed by atoms with E-state index in [1.165, 1.54) is 4.57 Å². The predicted octanol–water partition coefficient (Wildman–Crippen LogP) is 3.78. The Morgan fingerprint density at radius 2 is 1.79 bits per heavy atom. The van der Waals surface area contributed by atoms with Crippen LogP contribution in [0.5, 0.6) is 0 Å². The topological polar surface area (TPSA) is 117 Å². The summed E-state index contributed by atoms with van der Waals surface area (Å²) in [7, 11) is 1.60. The van der Waals surface area contributed by atoms with Crippen LogP contribution in [0.2, 0.25) is 0 Å². The van der Waals surface area contributed by atoms with Crippen LogP contribution >= 0.6 is 23.1 Å². The number of hydrogen-bond donors (Lipinski definition) is 1. The van der Waals surface area contributed by atoms with Gasteiger partial charge in [-0.05, 0) is 45.4 Å². The molecule has 0 aliphatic heterocycles. The molecule has 3 aromatic rings. The van der Waals surface area contributed by atoms with E-state index >= 15 is 0 Å². The van der Waals surface area contributed by atoms with Crippen LogP contribution in [0.15, 0.2) is 34.2 Å². The van der Waals surface area contributed by atoms with E-state index in [9.17, 15) is 19.2 Å². The van der Waals surface area contributed by atoms with Gasteiger partial charge in [-0.3, -0.25) is 14.2 Å². The van der Waals surface area contributed by atoms with Crippen molar-refractivity contribution in [3.8, 4) is 0 Å². The molecule has 3 rings (SSSR count). The zero-order chi connectivity index (χ0) is 25.0. The third-order valence-corrected chi connectivity index (χ3v) is 7.25. The highest BCUT2D eigenvalue weighted by molar-refractivity contribution is 8.00. The number of nitrogens with one attached hydrogen (secondary N) is 1. The molecule has 0 spiro atoms. The molecule has 0 aliphatic rings. The summed E-state index contributed by atoms with van der Waals surface area (Å²) in [5.74, 6) is -1.63. The third-order valence-electron chi connectivity index (χ3n) is 4.92. The number of para-hydroxylation sites is 1. The molecule has 34 heavy (non-hydrogen) atoms. The van der Waals surface area contributed by atoms with Crippen LogP contribution in [0.4, 0.5) is 5.00 Å². The van der Waals surface area contributed by atoms with Crippen molar-refractivity contribution < 1.29 is 23.9 Å². The van der Waals surface area contributed by atoms with Gasteiger partial charge in [-0.1, -0.05) is 23.9 Å². The summed E-state index contributed by atoms with van der Waals surface area (Å²) in [6, 6.07) is 6.99. The SMILES string of the molecule is CCOC(=O)c1sc(NC(=O)C(C)Sc2nc3ccccc3c(=O)n2C)c(C(=O)OCC)c1C. The maximum Gasteiger partial charge on any atom is 0.348 e. The number of benzene rings is 1. The van der Waals surface area contributed by atoms with E-state index in [4.69, 9.17) is 9.47 Å². The van der Waals surface area contributed by atoms with Crippen LogP contribution in [0.1, 0.15) is 46.4 Å². The van der Waals surface area contributed by atoms with Gasteiger partial charge >= 0.3 is 11.9 Å². The number of amides is 1. The molecule has 1 N–H and O–H groups in total. The first-order chi connectivity index (χ1) is 16.2. The lowest BCUT2D eigenvalue weighted by Gasteiger charge is -2.14. The number of hydrogen-bond acceptors (Lipinski definition) is 9. The van der Waals surface area contributed by atoms with Crippen molar-refractivity contribution in [1.29, 1.82) is 0 Å². The number of carbonyl (C=O) groups is 3. The lowest BCUT2D eigenvalue weighted by molar-refractivity contribution is -0.115. The van der Waals surface area contributed by atoms with E-state index in [0.29, 0.717) is 21.6 Å². The van der Waals surface area contributed by atoms with Gasteiger partial charge < -0.3 is 14.8 Å². The minimum Gasteiger partial charge on any atom is -0.462 e. The van der Waals surface area contributed by atoms with Gasteiger partial charge in [0.15, 0.2) is 5.16 Å². The van der Waals surface area contributed by atoms with E-state index in [-0.39, 0.29) is 34.2 Å². The van der Waals surface area contributed by atoms with E-state index in [2.05, 4.69) is 10.3 Å². The van der Waals surface area contributed by atoms with Gasteiger partial charge in [-0.15, -0.1) is 11.3 Å². The monoisotopic (exact) mass is 503 g/mol. The molecule has 0 aliphatic carbocycles. The minimum atomic E-state index is -0.664. The number of esters is 2. The van der Waals surface area contributed by atoms with Crippen molar-refractivity contribution in [1.82, 2.24) is 9.55 Å². The van der Waals surface area contributed by atoms with E-state index in [1.54, 1.807) is 59.0 Å². The van der Waals surface area contributed by atoms with Crippen LogP contribution in [0.25, 0.3) is 10.9 Å². The Morgan fingerprint density at radius 3 is 2.47 bits per heavy atom. The van der Waals surface area contributed by atoms with E-state index in [1.807, 2.05) is 0 Å². The third kappa shape index (κ3) is 5.15. The highest BCUT2D eigenvalue weighted by Crippen LogP contribution is 2.35. The molecule has 0 saturated carbocycles. The van der Waals surface area contributed by atoms with Crippen LogP contribution in [-0.2, 0) is 21.3 Å². The van der Waals surface area contributed by atoms with Gasteiger partial charge in [0.05, 0.1) is 34.9 Å². The molecule has 2 aromatic heterocycles. The van der Waals surface area contributed by atoms with Crippen molar-refractivity contribution in [2.24, 2.45) is 7.05 Å². The zero-order valence-electron chi connectivity index (χ0n) is 19.5. The molecule has 180 valence electrons. The number of thioether (sulfide) groups is 1. The predicted molar refractivity (Wildman–Crippen MR) is 132 cm³/mol. The fourth-order valence-electron chi connectivity index (χ4n) is 3.17. The zero-order valence-corrected chi connectivity index (χ0v) is 21.1. The van der Waals surface area contributed by atoms with E-state index < -0.39 is 23.1 Å². The molecule has 1 unspecified atom stereocenters. The molecule has 9 nitrogen and oxygen atoms in total. The number of thiophene rings is 1. The number of nitrogens with zero attached hydrogens (tertiary/aromatic N) is 2. The van der Waals surface area contributed by atoms with Crippen molar-refractivity contribution in [3.63, 3.8) is 0 Å². The van der Waals surface area contributed by atoms with Crippen LogP contribution < -0.4 is 10.9 Å². The van der Waals surface area contributed by atoms with Crippen LogP contribution in [0, 0.1) is 6.92 Å². The number of anilines is 1. The number of fused-ring (bicyclic) bond motifs is 1. The smallest absolute Gasteiger partial charge is 0.348 e. The summed E-state index contributed by atoms with van der Waals surface area (Å²) in [6.45, 7) is 6.95. The normalized spacial score (nSPS) is 11.8. The number of aromatic nitrogens is 2. The van der Waals surface area contributed by atoms with E-state index in [0.717, 1.165) is 23.1 Å². The molecule has 0 bridgehead atoms. The number of carbonyl (C=O) groups excluding carboxylic acids is 3. The highest BCUT2D eigenvalue weighted by atomic mass is 32.2. The summed E-state index contributed by atoms with van der Waals surface area (Å²) in [4.78, 5) is 55.3. The Balaban J connectivity index is 1.89. The summed E-state index contributed by atoms with van der Waals surface area (Å²) in [6.07, 6.45) is 0. The van der Waals surface area contributed by atoms with Gasteiger partial charge in [0.2, 0.25) is 5.91 Å². The second-order valence-corrected chi connectivity index (χ2v) is 9.55. The van der Waals surface area contributed by atoms with Crippen molar-refractivity contribution in [3.05, 3.63) is 50.6 Å². The Bertz CT molecular complexity index is 1310. The first-order valence-electron chi connectivity index (χ1n) is 10.6. The van der Waals surface area contributed by atoms with Crippen molar-refractivity contribution >= 4 is 56.8 Å². The fourth-order valence-corrected chi connectivity index (χ4v) is 5.14. The number of rotatable bonds is 8. The molecule has 1 atom stereocenters. The molecule has 1 amide bonds. The molecule has 11 heteroatoms. The first-order valence-corrected chi connectivity index (χ1v) is 12.3. The summed E-state index contributed by atoms with van der Waals surface area (Å²) in [5, 5.41) is 3.15. The standard InChI is InChI=1S/C23H25N3O6S2/c1-6-31-21(29)16-12(3)17(22(30)32-7-2)34-19(16)25-18(27)13(4)33-23-24-15-11-9-8-10-14(15)20(28)26(23)5/h8-11,13H,6-7H2,1-5H3,(H,25,27). The Kier molecular flexibility index (Phi) is 8.11. The second kappa shape index (κ2) is 10.8. The maximum atomic E-state index is 13.0. The molecular formula is C23H25N3O6S2. The molecule has 0 fully saturated rings. The first kappa shape index (κ1) is 25.4. The molecular weight excluding hydrogens is 478 g/mol.